The molecular formula is C10H9Br2F2NO2. The molecule has 7 heteroatoms. The highest BCUT2D eigenvalue weighted by Gasteiger charge is 2.23. The molecule has 0 amide bonds. The Balaban J connectivity index is 3.27. The van der Waals surface area contributed by atoms with Crippen LogP contribution >= 0.6 is 31.9 Å². The van der Waals surface area contributed by atoms with E-state index in [4.69, 9.17) is 4.74 Å². The lowest BCUT2D eigenvalue weighted by molar-refractivity contribution is 0.0517. The average molecular weight is 373 g/mol. The van der Waals surface area contributed by atoms with Crippen LogP contribution in [0.5, 0.6) is 0 Å². The van der Waals surface area contributed by atoms with Crippen molar-refractivity contribution in [1.29, 1.82) is 0 Å². The van der Waals surface area contributed by atoms with Gasteiger partial charge in [0.2, 0.25) is 0 Å². The molecule has 1 heterocycles. The zero-order valence-electron chi connectivity index (χ0n) is 8.84. The number of pyridine rings is 1. The quantitative estimate of drug-likeness (QED) is 0.595. The predicted octanol–water partition coefficient (Wildman–Crippen LogP) is 3.85. The highest BCUT2D eigenvalue weighted by Crippen LogP contribution is 2.33. The van der Waals surface area contributed by atoms with Gasteiger partial charge in [-0.15, -0.1) is 0 Å². The molecule has 0 radical (unpaired) electrons. The molecule has 0 bridgehead atoms. The molecule has 17 heavy (non-hydrogen) atoms. The first-order valence-electron chi connectivity index (χ1n) is 4.71. The summed E-state index contributed by atoms with van der Waals surface area (Å²) in [6.45, 7) is 1.80. The first kappa shape index (κ1) is 14.5. The number of hydrogen-bond donors (Lipinski definition) is 0. The topological polar surface area (TPSA) is 39.2 Å². The zero-order chi connectivity index (χ0) is 13.0. The van der Waals surface area contributed by atoms with Crippen molar-refractivity contribution in [1.82, 2.24) is 4.98 Å². The molecule has 0 atom stereocenters. The van der Waals surface area contributed by atoms with Crippen molar-refractivity contribution >= 4 is 37.8 Å². The summed E-state index contributed by atoms with van der Waals surface area (Å²) < 4.78 is 30.5. The van der Waals surface area contributed by atoms with Crippen LogP contribution in [0, 0.1) is 0 Å². The highest BCUT2D eigenvalue weighted by atomic mass is 79.9. The predicted molar refractivity (Wildman–Crippen MR) is 65.5 cm³/mol. The van der Waals surface area contributed by atoms with Crippen LogP contribution in [0.15, 0.2) is 10.7 Å². The van der Waals surface area contributed by atoms with Crippen LogP contribution in [0.3, 0.4) is 0 Å². The minimum Gasteiger partial charge on any atom is -0.461 e. The smallest absolute Gasteiger partial charge is 0.358 e. The van der Waals surface area contributed by atoms with Crippen molar-refractivity contribution in [3.63, 3.8) is 0 Å². The number of carbonyl (C=O) groups is 1. The van der Waals surface area contributed by atoms with Crippen molar-refractivity contribution < 1.29 is 18.3 Å². The Morgan fingerprint density at radius 3 is 2.71 bits per heavy atom. The van der Waals surface area contributed by atoms with Crippen molar-refractivity contribution in [2.45, 2.75) is 18.7 Å². The van der Waals surface area contributed by atoms with Gasteiger partial charge >= 0.3 is 5.97 Å². The molecule has 0 unspecified atom stereocenters. The van der Waals surface area contributed by atoms with Crippen LogP contribution in [-0.2, 0) is 10.1 Å². The number of aromatic nitrogens is 1. The van der Waals surface area contributed by atoms with Crippen LogP contribution in [-0.4, -0.2) is 17.6 Å². The van der Waals surface area contributed by atoms with E-state index >= 15 is 0 Å². The SMILES string of the molecule is CCOC(=O)c1ncc(CBr)c(C(F)F)c1Br. The molecule has 0 aliphatic heterocycles. The molecule has 0 aliphatic rings. The third-order valence-corrected chi connectivity index (χ3v) is 3.38. The number of ether oxygens (including phenoxy) is 1. The number of hydrogen-bond acceptors (Lipinski definition) is 3. The Hall–Kier alpha value is -0.560. The standard InChI is InChI=1S/C10H9Br2F2NO2/c1-2-17-10(16)8-7(12)6(9(13)14)5(3-11)4-15-8/h4,9H,2-3H2,1H3. The Morgan fingerprint density at radius 1 is 1.59 bits per heavy atom. The summed E-state index contributed by atoms with van der Waals surface area (Å²) in [6.07, 6.45) is -1.44. The number of halogens is 4. The fourth-order valence-electron chi connectivity index (χ4n) is 1.22. The fourth-order valence-corrected chi connectivity index (χ4v) is 2.36. The van der Waals surface area contributed by atoms with Gasteiger partial charge in [0.1, 0.15) is 0 Å². The third-order valence-electron chi connectivity index (χ3n) is 1.97. The second-order valence-electron chi connectivity index (χ2n) is 3.01. The number of alkyl halides is 3. The molecular weight excluding hydrogens is 364 g/mol. The maximum atomic E-state index is 12.9. The molecule has 0 aliphatic carbocycles. The maximum Gasteiger partial charge on any atom is 0.358 e. The van der Waals surface area contributed by atoms with E-state index in [0.29, 0.717) is 5.56 Å². The summed E-state index contributed by atoms with van der Waals surface area (Å²) in [5.41, 5.74) is -0.0355. The number of rotatable bonds is 4. The molecule has 0 saturated heterocycles. The highest BCUT2D eigenvalue weighted by molar-refractivity contribution is 9.10. The van der Waals surface area contributed by atoms with Gasteiger partial charge in [-0.1, -0.05) is 15.9 Å². The second kappa shape index (κ2) is 6.39. The van der Waals surface area contributed by atoms with Gasteiger partial charge in [-0.3, -0.25) is 0 Å². The Morgan fingerprint density at radius 2 is 2.24 bits per heavy atom. The van der Waals surface area contributed by atoms with Crippen LogP contribution in [0.4, 0.5) is 8.78 Å². The van der Waals surface area contributed by atoms with Crippen LogP contribution in [0.25, 0.3) is 0 Å². The van der Waals surface area contributed by atoms with Crippen molar-refractivity contribution in [3.8, 4) is 0 Å². The summed E-state index contributed by atoms with van der Waals surface area (Å²) >= 11 is 6.07. The molecule has 1 aromatic heterocycles. The first-order valence-corrected chi connectivity index (χ1v) is 6.62. The van der Waals surface area contributed by atoms with Crippen LogP contribution < -0.4 is 0 Å². The molecule has 0 saturated carbocycles. The van der Waals surface area contributed by atoms with E-state index < -0.39 is 12.4 Å². The molecule has 1 rings (SSSR count). The van der Waals surface area contributed by atoms with Crippen molar-refractivity contribution in [2.24, 2.45) is 0 Å². The Bertz CT molecular complexity index is 427. The third kappa shape index (κ3) is 3.22. The van der Waals surface area contributed by atoms with Crippen molar-refractivity contribution in [2.75, 3.05) is 6.61 Å². The number of esters is 1. The summed E-state index contributed by atoms with van der Waals surface area (Å²) in [4.78, 5) is 15.3. The molecule has 0 N–H and O–H groups in total. The van der Waals surface area contributed by atoms with Crippen molar-refractivity contribution in [3.05, 3.63) is 27.5 Å². The normalized spacial score (nSPS) is 10.7. The van der Waals surface area contributed by atoms with Gasteiger partial charge in [0, 0.05) is 17.1 Å². The van der Waals surface area contributed by atoms with E-state index in [1.807, 2.05) is 0 Å². The van der Waals surface area contributed by atoms with Gasteiger partial charge in [0.25, 0.3) is 6.43 Å². The van der Waals surface area contributed by atoms with Gasteiger partial charge in [-0.05, 0) is 28.4 Å². The lowest BCUT2D eigenvalue weighted by Crippen LogP contribution is -2.11. The maximum absolute atomic E-state index is 12.9. The minimum atomic E-state index is -2.69. The monoisotopic (exact) mass is 371 g/mol. The molecule has 94 valence electrons. The van der Waals surface area contributed by atoms with E-state index in [1.54, 1.807) is 6.92 Å². The lowest BCUT2D eigenvalue weighted by Gasteiger charge is -2.11. The molecule has 0 fully saturated rings. The van der Waals surface area contributed by atoms with Crippen LogP contribution in [0.1, 0.15) is 35.0 Å². The van der Waals surface area contributed by atoms with Gasteiger partial charge in [-0.25, -0.2) is 18.6 Å². The van der Waals surface area contributed by atoms with E-state index in [9.17, 15) is 13.6 Å². The van der Waals surface area contributed by atoms with E-state index in [-0.39, 0.29) is 27.7 Å². The summed E-state index contributed by atoms with van der Waals surface area (Å²) in [7, 11) is 0. The zero-order valence-corrected chi connectivity index (χ0v) is 12.0. The van der Waals surface area contributed by atoms with Gasteiger partial charge in [-0.2, -0.15) is 0 Å². The molecule has 1 aromatic rings. The molecule has 3 nitrogen and oxygen atoms in total. The molecule has 0 spiro atoms. The van der Waals surface area contributed by atoms with E-state index in [2.05, 4.69) is 36.8 Å². The Labute approximate surface area is 114 Å². The number of carbonyl (C=O) groups excluding carboxylic acids is 1. The molecule has 0 aromatic carbocycles. The van der Waals surface area contributed by atoms with Gasteiger partial charge in [0.15, 0.2) is 5.69 Å². The fraction of sp³-hybridized carbons (Fsp3) is 0.400. The second-order valence-corrected chi connectivity index (χ2v) is 4.37. The van der Waals surface area contributed by atoms with E-state index in [1.165, 1.54) is 6.20 Å². The Kier molecular flexibility index (Phi) is 5.45. The van der Waals surface area contributed by atoms with Gasteiger partial charge in [0.05, 0.1) is 11.1 Å². The van der Waals surface area contributed by atoms with Crippen LogP contribution in [0.2, 0.25) is 0 Å². The average Bonchev–Trinajstić information content (AvgIpc) is 2.27. The summed E-state index contributed by atoms with van der Waals surface area (Å²) in [6, 6.07) is 0. The van der Waals surface area contributed by atoms with Gasteiger partial charge < -0.3 is 4.74 Å². The first-order chi connectivity index (χ1) is 8.02. The summed E-state index contributed by atoms with van der Waals surface area (Å²) in [5.74, 6) is -0.720. The lowest BCUT2D eigenvalue weighted by atomic mass is 10.1. The number of nitrogens with zero attached hydrogens (tertiary/aromatic N) is 1. The van der Waals surface area contributed by atoms with E-state index in [0.717, 1.165) is 0 Å². The summed E-state index contributed by atoms with van der Waals surface area (Å²) in [5, 5.41) is 0.237. The minimum absolute atomic E-state index is 0.0112. The largest absolute Gasteiger partial charge is 0.461 e.